The van der Waals surface area contributed by atoms with Crippen LogP contribution < -0.4 is 0 Å². The Kier molecular flexibility index (Phi) is 12.4. The molecule has 6 heterocycles. The van der Waals surface area contributed by atoms with Crippen molar-refractivity contribution in [2.75, 3.05) is 0 Å². The van der Waals surface area contributed by atoms with Crippen LogP contribution in [0.15, 0.2) is 328 Å². The van der Waals surface area contributed by atoms with E-state index in [4.69, 9.17) is 39.9 Å². The number of benzene rings is 17. The van der Waals surface area contributed by atoms with Gasteiger partial charge in [-0.15, -0.1) is 0 Å². The van der Waals surface area contributed by atoms with Gasteiger partial charge in [0.1, 0.15) is 22.1 Å². The van der Waals surface area contributed by atoms with Crippen LogP contribution in [-0.4, -0.2) is 49.0 Å². The topological polar surface area (TPSA) is 113 Å². The van der Waals surface area contributed by atoms with E-state index >= 15 is 0 Å². The first-order valence-corrected chi connectivity index (χ1v) is 35.8. The number of hydrogen-bond acceptors (Lipinski definition) is 8. The van der Waals surface area contributed by atoms with Gasteiger partial charge in [-0.2, -0.15) is 0 Å². The molecule has 0 bridgehead atoms. The third-order valence-corrected chi connectivity index (χ3v) is 22.1. The smallest absolute Gasteiger partial charge is 0.235 e. The van der Waals surface area contributed by atoms with Gasteiger partial charge in [0.2, 0.25) is 11.9 Å². The molecule has 10 nitrogen and oxygen atoms in total. The Labute approximate surface area is 604 Å². The molecule has 23 rings (SSSR count). The average Bonchev–Trinajstić information content (AvgIpc) is 0.762. The molecule has 17 aromatic carbocycles. The molecule has 0 radical (unpaired) electrons. The molecule has 0 atom stereocenters. The molecule has 0 unspecified atom stereocenters. The molecule has 0 saturated heterocycles. The van der Waals surface area contributed by atoms with Gasteiger partial charge in [-0.25, -0.2) is 39.9 Å². The summed E-state index contributed by atoms with van der Waals surface area (Å²) in [6, 6.07) is 108. The van der Waals surface area contributed by atoms with Crippen molar-refractivity contribution >= 4 is 163 Å². The second kappa shape index (κ2) is 22.5. The standard InChI is InChI=1S/C96H54N10/c1-3-19-55(20-4-1)57-35-37-58(38-36-57)93-98-53-81-87-73-30-11-9-24-64(73)65-25-10-12-31-74(65)88(87)82-54-100-96(104-92(82)91(81)102-93)106-85-34-18-15-29-72(85)78-49-61(42-46-86(78)106)60-40-43-68-75(48-60)66-26-8-7-23-63(66)67-45-41-62(50-76(67)68)94-97-51-80-77-47-59(56-21-5-2-6-22-56)39-44-69(77)79-52-99-95(103-90(79)89(80)101-94)105-83-32-16-13-27-70(83)71-28-14-17-33-84(71)105/h1-54H. The van der Waals surface area contributed by atoms with Crippen LogP contribution in [0.25, 0.3) is 231 Å². The zero-order valence-corrected chi connectivity index (χ0v) is 56.6. The summed E-state index contributed by atoms with van der Waals surface area (Å²) in [6.07, 6.45) is 8.01. The maximum atomic E-state index is 5.69. The molecule has 0 aliphatic rings. The van der Waals surface area contributed by atoms with E-state index in [1.54, 1.807) is 0 Å². The Hall–Kier alpha value is -14.5. The summed E-state index contributed by atoms with van der Waals surface area (Å²) in [6.45, 7) is 0. The monoisotopic (exact) mass is 1350 g/mol. The van der Waals surface area contributed by atoms with Gasteiger partial charge in [-0.1, -0.05) is 255 Å². The van der Waals surface area contributed by atoms with Crippen molar-refractivity contribution in [1.82, 2.24) is 49.0 Å². The fraction of sp³-hybridized carbons (Fsp3) is 0. The number of fused-ring (bicyclic) bond motifs is 29. The lowest BCUT2D eigenvalue weighted by Crippen LogP contribution is -2.03. The molecule has 0 N–H and O–H groups in total. The third-order valence-electron chi connectivity index (χ3n) is 22.1. The normalized spacial score (nSPS) is 12.2. The van der Waals surface area contributed by atoms with Gasteiger partial charge in [-0.05, 0) is 147 Å². The molecule has 0 spiro atoms. The van der Waals surface area contributed by atoms with Crippen molar-refractivity contribution in [3.05, 3.63) is 328 Å². The van der Waals surface area contributed by atoms with Gasteiger partial charge in [-0.3, -0.25) is 9.13 Å². The molecule has 23 aromatic rings. The highest BCUT2D eigenvalue weighted by Gasteiger charge is 2.25. The van der Waals surface area contributed by atoms with Crippen LogP contribution in [-0.2, 0) is 0 Å². The van der Waals surface area contributed by atoms with E-state index in [1.807, 2.05) is 30.9 Å². The molecular weight excluding hydrogens is 1290 g/mol. The van der Waals surface area contributed by atoms with Crippen LogP contribution in [0.4, 0.5) is 0 Å². The van der Waals surface area contributed by atoms with Crippen LogP contribution in [0, 0.1) is 0 Å². The van der Waals surface area contributed by atoms with E-state index in [0.29, 0.717) is 23.5 Å². The zero-order valence-electron chi connectivity index (χ0n) is 56.6. The van der Waals surface area contributed by atoms with Crippen LogP contribution in [0.2, 0.25) is 0 Å². The molecule has 10 heteroatoms. The SMILES string of the molecule is c1ccc(-c2ccc(-c3ncc4c(n3)c3nc(-n5c6ccccc6c6cc(-c7ccc8c(c7)c7ccccc7c7ccc(-c9ncc%10c%11cc(-c%12ccccc%12)ccc%11c%11cnc(-n%12c%13ccccc%13c%13ccccc%13%12)nc%11c%10n9)cc78)ccc65)ncc3c3c5ccccc5c5ccccc5c43)cc2)cc1. The molecule has 0 amide bonds. The maximum absolute atomic E-state index is 5.69. The number of rotatable bonds is 7. The Balaban J connectivity index is 0.675. The van der Waals surface area contributed by atoms with E-state index in [2.05, 4.69) is 306 Å². The van der Waals surface area contributed by atoms with Crippen molar-refractivity contribution in [1.29, 1.82) is 0 Å². The van der Waals surface area contributed by atoms with Gasteiger partial charge in [0.05, 0.1) is 22.1 Å². The molecule has 0 aliphatic carbocycles. The molecule has 6 aromatic heterocycles. The summed E-state index contributed by atoms with van der Waals surface area (Å²) in [4.78, 5) is 43.3. The van der Waals surface area contributed by atoms with Crippen molar-refractivity contribution in [3.8, 4) is 68.1 Å². The Morgan fingerprint density at radius 3 is 1.03 bits per heavy atom. The van der Waals surface area contributed by atoms with Crippen LogP contribution in [0.5, 0.6) is 0 Å². The van der Waals surface area contributed by atoms with Gasteiger partial charge in [0.25, 0.3) is 0 Å². The minimum Gasteiger partial charge on any atom is -0.278 e. The first-order chi connectivity index (χ1) is 52.6. The predicted molar refractivity (Wildman–Crippen MR) is 437 cm³/mol. The minimum atomic E-state index is 0.556. The average molecular weight is 1350 g/mol. The molecule has 0 aliphatic heterocycles. The van der Waals surface area contributed by atoms with E-state index in [0.717, 1.165) is 186 Å². The fourth-order valence-electron chi connectivity index (χ4n) is 17.2. The molecular formula is C96H54N10. The molecule has 0 fully saturated rings. The molecule has 0 saturated carbocycles. The fourth-order valence-corrected chi connectivity index (χ4v) is 17.2. The Bertz CT molecular complexity index is 7710. The number of nitrogens with zero attached hydrogens (tertiary/aromatic N) is 10. The second-order valence-electron chi connectivity index (χ2n) is 27.7. The first kappa shape index (κ1) is 58.2. The highest BCUT2D eigenvalue weighted by Crippen LogP contribution is 2.46. The summed E-state index contributed by atoms with van der Waals surface area (Å²) in [5.41, 5.74) is 15.7. The van der Waals surface area contributed by atoms with Crippen LogP contribution >= 0.6 is 0 Å². The van der Waals surface area contributed by atoms with Crippen molar-refractivity contribution < 1.29 is 0 Å². The highest BCUT2D eigenvalue weighted by molar-refractivity contribution is 6.39. The second-order valence-corrected chi connectivity index (χ2v) is 27.7. The van der Waals surface area contributed by atoms with Crippen molar-refractivity contribution in [2.24, 2.45) is 0 Å². The van der Waals surface area contributed by atoms with Crippen molar-refractivity contribution in [3.63, 3.8) is 0 Å². The molecule has 106 heavy (non-hydrogen) atoms. The van der Waals surface area contributed by atoms with E-state index in [-0.39, 0.29) is 0 Å². The Morgan fingerprint density at radius 1 is 0.170 bits per heavy atom. The lowest BCUT2D eigenvalue weighted by Gasteiger charge is -2.16. The quantitative estimate of drug-likeness (QED) is 0.145. The summed E-state index contributed by atoms with van der Waals surface area (Å²) < 4.78 is 4.39. The summed E-state index contributed by atoms with van der Waals surface area (Å²) in [5, 5.41) is 24.0. The first-order valence-electron chi connectivity index (χ1n) is 35.8. The van der Waals surface area contributed by atoms with Crippen LogP contribution in [0.1, 0.15) is 0 Å². The van der Waals surface area contributed by atoms with Gasteiger partial charge >= 0.3 is 0 Å². The maximum Gasteiger partial charge on any atom is 0.235 e. The van der Waals surface area contributed by atoms with E-state index in [9.17, 15) is 0 Å². The highest BCUT2D eigenvalue weighted by atomic mass is 15.2. The zero-order chi connectivity index (χ0) is 69.2. The summed E-state index contributed by atoms with van der Waals surface area (Å²) >= 11 is 0. The van der Waals surface area contributed by atoms with Crippen molar-refractivity contribution in [2.45, 2.75) is 0 Å². The largest absolute Gasteiger partial charge is 0.278 e. The van der Waals surface area contributed by atoms with E-state index < -0.39 is 0 Å². The predicted octanol–water partition coefficient (Wildman–Crippen LogP) is 24.1. The lowest BCUT2D eigenvalue weighted by molar-refractivity contribution is 1.01. The number of aromatic nitrogens is 10. The summed E-state index contributed by atoms with van der Waals surface area (Å²) in [7, 11) is 0. The molecule has 488 valence electrons. The third kappa shape index (κ3) is 8.60. The Morgan fingerprint density at radius 2 is 0.462 bits per heavy atom. The lowest BCUT2D eigenvalue weighted by atomic mass is 9.90. The van der Waals surface area contributed by atoms with Gasteiger partial charge < -0.3 is 0 Å². The number of para-hydroxylation sites is 3. The number of hydrogen-bond donors (Lipinski definition) is 0. The van der Waals surface area contributed by atoms with E-state index in [1.165, 1.54) is 21.5 Å². The van der Waals surface area contributed by atoms with Gasteiger partial charge in [0.15, 0.2) is 11.6 Å². The van der Waals surface area contributed by atoms with Crippen LogP contribution in [0.3, 0.4) is 0 Å². The minimum absolute atomic E-state index is 0.556. The summed E-state index contributed by atoms with van der Waals surface area (Å²) in [5.74, 6) is 2.37. The van der Waals surface area contributed by atoms with Gasteiger partial charge in [0, 0.05) is 89.8 Å².